The van der Waals surface area contributed by atoms with Gasteiger partial charge >= 0.3 is 5.97 Å². The van der Waals surface area contributed by atoms with E-state index in [2.05, 4.69) is 4.99 Å². The van der Waals surface area contributed by atoms with Gasteiger partial charge < -0.3 is 9.15 Å². The van der Waals surface area contributed by atoms with Crippen molar-refractivity contribution in [2.24, 2.45) is 4.99 Å². The fraction of sp³-hybridized carbons (Fsp3) is 0.125. The average Bonchev–Trinajstić information content (AvgIpc) is 3.11. The smallest absolute Gasteiger partial charge is 0.363 e. The standard InChI is InChI=1S/C16H11Cl2NO3/c17-12-5-3-10(8-13(12)18)9-14-16(20)22-15(19-14)6-4-11-2-1-7-21-11/h1-3,5,7-9H,4,6H2/b14-9+. The van der Waals surface area contributed by atoms with Crippen LogP contribution in [0.2, 0.25) is 10.0 Å². The Kier molecular flexibility index (Phi) is 4.32. The first-order chi connectivity index (χ1) is 10.6. The molecule has 1 aromatic carbocycles. The maximum Gasteiger partial charge on any atom is 0.363 e. The lowest BCUT2D eigenvalue weighted by Gasteiger charge is -1.97. The number of aryl methyl sites for hydroxylation is 1. The molecule has 0 aliphatic carbocycles. The van der Waals surface area contributed by atoms with E-state index in [1.165, 1.54) is 0 Å². The zero-order valence-electron chi connectivity index (χ0n) is 11.4. The SMILES string of the molecule is O=C1OC(CCc2ccco2)=N/C1=C/c1ccc(Cl)c(Cl)c1. The molecule has 0 atom stereocenters. The van der Waals surface area contributed by atoms with Gasteiger partial charge in [-0.2, -0.15) is 0 Å². The van der Waals surface area contributed by atoms with Crippen LogP contribution in [0.4, 0.5) is 0 Å². The van der Waals surface area contributed by atoms with E-state index >= 15 is 0 Å². The fourth-order valence-corrected chi connectivity index (χ4v) is 2.31. The molecule has 1 aliphatic heterocycles. The number of carbonyl (C=O) groups excluding carboxylic acids is 1. The van der Waals surface area contributed by atoms with Gasteiger partial charge in [0.05, 0.1) is 16.3 Å². The lowest BCUT2D eigenvalue weighted by Crippen LogP contribution is -2.04. The molecule has 0 radical (unpaired) electrons. The van der Waals surface area contributed by atoms with Gasteiger partial charge in [0.15, 0.2) is 11.6 Å². The first-order valence-electron chi connectivity index (χ1n) is 6.61. The number of hydrogen-bond donors (Lipinski definition) is 0. The number of ether oxygens (including phenoxy) is 1. The number of furan rings is 1. The molecule has 1 aliphatic rings. The van der Waals surface area contributed by atoms with Crippen molar-refractivity contribution in [3.05, 3.63) is 63.7 Å². The number of benzene rings is 1. The Morgan fingerprint density at radius 2 is 2.00 bits per heavy atom. The summed E-state index contributed by atoms with van der Waals surface area (Å²) in [7, 11) is 0. The first kappa shape index (κ1) is 14.9. The van der Waals surface area contributed by atoms with E-state index in [0.29, 0.717) is 28.8 Å². The van der Waals surface area contributed by atoms with Gasteiger partial charge in [0, 0.05) is 12.8 Å². The van der Waals surface area contributed by atoms with Gasteiger partial charge in [0.25, 0.3) is 0 Å². The summed E-state index contributed by atoms with van der Waals surface area (Å²) in [6.45, 7) is 0. The van der Waals surface area contributed by atoms with Gasteiger partial charge in [-0.05, 0) is 35.9 Å². The van der Waals surface area contributed by atoms with Crippen LogP contribution in [0.1, 0.15) is 17.7 Å². The molecule has 0 fully saturated rings. The molecular formula is C16H11Cl2NO3. The van der Waals surface area contributed by atoms with Crippen molar-refractivity contribution in [1.82, 2.24) is 0 Å². The van der Waals surface area contributed by atoms with Gasteiger partial charge in [-0.25, -0.2) is 9.79 Å². The second-order valence-corrected chi connectivity index (χ2v) is 5.49. The Hall–Kier alpha value is -2.04. The summed E-state index contributed by atoms with van der Waals surface area (Å²) in [4.78, 5) is 16.0. The maximum atomic E-state index is 11.8. The number of hydrogen-bond acceptors (Lipinski definition) is 4. The number of cyclic esters (lactones) is 1. The Balaban J connectivity index is 1.74. The monoisotopic (exact) mass is 335 g/mol. The topological polar surface area (TPSA) is 51.8 Å². The molecule has 0 saturated heterocycles. The van der Waals surface area contributed by atoms with Crippen molar-refractivity contribution in [2.75, 3.05) is 0 Å². The molecule has 6 heteroatoms. The summed E-state index contributed by atoms with van der Waals surface area (Å²) in [6, 6.07) is 8.76. The maximum absolute atomic E-state index is 11.8. The molecule has 0 unspecified atom stereocenters. The molecule has 22 heavy (non-hydrogen) atoms. The van der Waals surface area contributed by atoms with E-state index in [9.17, 15) is 4.79 Å². The highest BCUT2D eigenvalue weighted by atomic mass is 35.5. The van der Waals surface area contributed by atoms with E-state index in [1.807, 2.05) is 12.1 Å². The molecule has 112 valence electrons. The number of rotatable bonds is 4. The van der Waals surface area contributed by atoms with E-state index in [1.54, 1.807) is 30.5 Å². The highest BCUT2D eigenvalue weighted by Crippen LogP contribution is 2.25. The molecule has 0 bridgehead atoms. The summed E-state index contributed by atoms with van der Waals surface area (Å²) in [5, 5.41) is 0.879. The molecule has 1 aromatic heterocycles. The quantitative estimate of drug-likeness (QED) is 0.609. The van der Waals surface area contributed by atoms with Crippen molar-refractivity contribution < 1.29 is 13.9 Å². The normalized spacial score (nSPS) is 16.0. The minimum Gasteiger partial charge on any atom is -0.469 e. The van der Waals surface area contributed by atoms with E-state index in [0.717, 1.165) is 11.3 Å². The predicted molar refractivity (Wildman–Crippen MR) is 85.0 cm³/mol. The van der Waals surface area contributed by atoms with Gasteiger partial charge in [0.2, 0.25) is 0 Å². The molecule has 3 rings (SSSR count). The molecular weight excluding hydrogens is 325 g/mol. The molecule has 0 amide bonds. The van der Waals surface area contributed by atoms with Crippen molar-refractivity contribution >= 4 is 41.1 Å². The van der Waals surface area contributed by atoms with Crippen LogP contribution in [0.25, 0.3) is 6.08 Å². The highest BCUT2D eigenvalue weighted by molar-refractivity contribution is 6.42. The van der Waals surface area contributed by atoms with Crippen LogP contribution >= 0.6 is 23.2 Å². The summed E-state index contributed by atoms with van der Waals surface area (Å²) >= 11 is 11.8. The first-order valence-corrected chi connectivity index (χ1v) is 7.36. The molecule has 0 saturated carbocycles. The molecule has 4 nitrogen and oxygen atoms in total. The second kappa shape index (κ2) is 6.38. The number of carbonyl (C=O) groups is 1. The largest absolute Gasteiger partial charge is 0.469 e. The van der Waals surface area contributed by atoms with Crippen molar-refractivity contribution in [2.45, 2.75) is 12.8 Å². The molecule has 0 N–H and O–H groups in total. The van der Waals surface area contributed by atoms with Gasteiger partial charge in [0.1, 0.15) is 5.76 Å². The third-order valence-electron chi connectivity index (χ3n) is 3.08. The Morgan fingerprint density at radius 1 is 1.14 bits per heavy atom. The van der Waals surface area contributed by atoms with Crippen LogP contribution in [0.5, 0.6) is 0 Å². The minimum atomic E-state index is -0.472. The summed E-state index contributed by atoms with van der Waals surface area (Å²) in [5.74, 6) is 0.730. The zero-order chi connectivity index (χ0) is 15.5. The van der Waals surface area contributed by atoms with Crippen molar-refractivity contribution in [3.63, 3.8) is 0 Å². The number of esters is 1. The third kappa shape index (κ3) is 3.40. The Bertz CT molecular complexity index is 764. The van der Waals surface area contributed by atoms with Crippen LogP contribution in [-0.4, -0.2) is 11.9 Å². The molecule has 2 heterocycles. The van der Waals surface area contributed by atoms with Gasteiger partial charge in [-0.3, -0.25) is 0 Å². The lowest BCUT2D eigenvalue weighted by atomic mass is 10.2. The fourth-order valence-electron chi connectivity index (χ4n) is 2.01. The van der Waals surface area contributed by atoms with Crippen LogP contribution < -0.4 is 0 Å². The zero-order valence-corrected chi connectivity index (χ0v) is 12.9. The Labute approximate surface area is 137 Å². The summed E-state index contributed by atoms with van der Waals surface area (Å²) < 4.78 is 10.4. The second-order valence-electron chi connectivity index (χ2n) is 4.68. The summed E-state index contributed by atoms with van der Waals surface area (Å²) in [6.07, 6.45) is 4.34. The lowest BCUT2D eigenvalue weighted by molar-refractivity contribution is -0.130. The van der Waals surface area contributed by atoms with Crippen LogP contribution in [0.3, 0.4) is 0 Å². The van der Waals surface area contributed by atoms with Gasteiger partial charge in [-0.1, -0.05) is 29.3 Å². The van der Waals surface area contributed by atoms with E-state index < -0.39 is 5.97 Å². The predicted octanol–water partition coefficient (Wildman–Crippen LogP) is 4.52. The summed E-state index contributed by atoms with van der Waals surface area (Å²) in [5.41, 5.74) is 0.977. The highest BCUT2D eigenvalue weighted by Gasteiger charge is 2.22. The number of halogens is 2. The Morgan fingerprint density at radius 3 is 2.73 bits per heavy atom. The third-order valence-corrected chi connectivity index (χ3v) is 3.82. The number of aliphatic imine (C=N–C) groups is 1. The number of nitrogens with zero attached hydrogens (tertiary/aromatic N) is 1. The van der Waals surface area contributed by atoms with E-state index in [-0.39, 0.29) is 5.70 Å². The minimum absolute atomic E-state index is 0.243. The van der Waals surface area contributed by atoms with E-state index in [4.69, 9.17) is 32.4 Å². The van der Waals surface area contributed by atoms with Crippen LogP contribution in [0.15, 0.2) is 51.7 Å². The van der Waals surface area contributed by atoms with Crippen LogP contribution in [-0.2, 0) is 16.0 Å². The van der Waals surface area contributed by atoms with Crippen molar-refractivity contribution in [3.8, 4) is 0 Å². The average molecular weight is 336 g/mol. The molecule has 2 aromatic rings. The molecule has 0 spiro atoms. The van der Waals surface area contributed by atoms with Crippen molar-refractivity contribution in [1.29, 1.82) is 0 Å². The van der Waals surface area contributed by atoms with Crippen LogP contribution in [0, 0.1) is 0 Å². The van der Waals surface area contributed by atoms with Gasteiger partial charge in [-0.15, -0.1) is 0 Å².